The number of aliphatic hydroxyl groups excluding tert-OH is 2. The second kappa shape index (κ2) is 14.5. The predicted molar refractivity (Wildman–Crippen MR) is 188 cm³/mol. The summed E-state index contributed by atoms with van der Waals surface area (Å²) in [5.41, 5.74) is 2.54. The first kappa shape index (κ1) is 33.7. The van der Waals surface area contributed by atoms with E-state index in [1.807, 2.05) is 117 Å². The summed E-state index contributed by atoms with van der Waals surface area (Å²) in [6.07, 6.45) is -0.228. The van der Waals surface area contributed by atoms with Crippen LogP contribution < -0.4 is 15.4 Å². The SMILES string of the molecule is CC(C)(C)NC(=O)[C@@H]1C[C@H](Oc2ccc3ccccc3c2)CN1C[C@@H](O)C[C@@H](Cc1ccccc1)C(=O)NC1c2ccccc2C[C@H]1O. The van der Waals surface area contributed by atoms with Crippen molar-refractivity contribution in [1.29, 1.82) is 0 Å². The van der Waals surface area contributed by atoms with Gasteiger partial charge < -0.3 is 25.6 Å². The van der Waals surface area contributed by atoms with Crippen LogP contribution in [0.2, 0.25) is 0 Å². The predicted octanol–water partition coefficient (Wildman–Crippen LogP) is 4.96. The van der Waals surface area contributed by atoms with Crippen LogP contribution in [0.3, 0.4) is 0 Å². The third-order valence-electron chi connectivity index (χ3n) is 9.39. The minimum atomic E-state index is -0.880. The molecule has 48 heavy (non-hydrogen) atoms. The van der Waals surface area contributed by atoms with Gasteiger partial charge in [-0.15, -0.1) is 0 Å². The summed E-state index contributed by atoms with van der Waals surface area (Å²) in [7, 11) is 0. The minimum absolute atomic E-state index is 0.105. The topological polar surface area (TPSA) is 111 Å². The van der Waals surface area contributed by atoms with E-state index >= 15 is 0 Å². The molecule has 8 heteroatoms. The highest BCUT2D eigenvalue weighted by Crippen LogP contribution is 2.32. The van der Waals surface area contributed by atoms with Crippen LogP contribution in [0.15, 0.2) is 97.1 Å². The number of hydrogen-bond acceptors (Lipinski definition) is 6. The van der Waals surface area contributed by atoms with Gasteiger partial charge in [0.05, 0.1) is 24.3 Å². The molecule has 1 fully saturated rings. The number of carbonyl (C=O) groups is 2. The number of likely N-dealkylation sites (tertiary alicyclic amines) is 1. The number of nitrogens with one attached hydrogen (secondary N) is 2. The van der Waals surface area contributed by atoms with E-state index in [1.165, 1.54) is 0 Å². The first-order valence-corrected chi connectivity index (χ1v) is 17.0. The van der Waals surface area contributed by atoms with Crippen molar-refractivity contribution in [3.05, 3.63) is 114 Å². The molecule has 1 unspecified atom stereocenters. The van der Waals surface area contributed by atoms with Gasteiger partial charge in [-0.1, -0.05) is 84.9 Å². The molecule has 4 N–H and O–H groups in total. The van der Waals surface area contributed by atoms with Gasteiger partial charge in [0.15, 0.2) is 0 Å². The van der Waals surface area contributed by atoms with Gasteiger partial charge in [-0.2, -0.15) is 0 Å². The molecule has 2 aliphatic rings. The van der Waals surface area contributed by atoms with E-state index in [2.05, 4.69) is 16.7 Å². The molecule has 8 nitrogen and oxygen atoms in total. The minimum Gasteiger partial charge on any atom is -0.489 e. The van der Waals surface area contributed by atoms with Crippen LogP contribution in [-0.2, 0) is 22.4 Å². The molecule has 1 aliphatic carbocycles. The van der Waals surface area contributed by atoms with Crippen molar-refractivity contribution < 1.29 is 24.5 Å². The third kappa shape index (κ3) is 8.24. The molecular formula is C40H47N3O5. The first-order chi connectivity index (χ1) is 23.0. The van der Waals surface area contributed by atoms with E-state index in [9.17, 15) is 19.8 Å². The molecule has 0 saturated carbocycles. The van der Waals surface area contributed by atoms with Crippen molar-refractivity contribution in [2.45, 2.75) is 82.4 Å². The number of carbonyl (C=O) groups excluding carboxylic acids is 2. The lowest BCUT2D eigenvalue weighted by Crippen LogP contribution is -2.51. The number of amides is 2. The second-order valence-corrected chi connectivity index (χ2v) is 14.4. The summed E-state index contributed by atoms with van der Waals surface area (Å²) in [5, 5.41) is 30.8. The Balaban J connectivity index is 1.17. The Morgan fingerprint density at radius 2 is 1.65 bits per heavy atom. The van der Waals surface area contributed by atoms with Crippen molar-refractivity contribution >= 4 is 22.6 Å². The molecule has 4 aromatic rings. The van der Waals surface area contributed by atoms with Gasteiger partial charge in [-0.3, -0.25) is 14.5 Å². The van der Waals surface area contributed by atoms with Crippen molar-refractivity contribution in [3.8, 4) is 5.75 Å². The number of hydrogen-bond donors (Lipinski definition) is 4. The molecule has 1 aliphatic heterocycles. The van der Waals surface area contributed by atoms with Gasteiger partial charge in [0.25, 0.3) is 0 Å². The average molecular weight is 650 g/mol. The normalized spacial score (nSPS) is 22.2. The van der Waals surface area contributed by atoms with Gasteiger partial charge in [0.1, 0.15) is 11.9 Å². The fourth-order valence-electron chi connectivity index (χ4n) is 7.18. The van der Waals surface area contributed by atoms with Crippen LogP contribution in [0.5, 0.6) is 5.75 Å². The van der Waals surface area contributed by atoms with Crippen molar-refractivity contribution in [2.24, 2.45) is 5.92 Å². The number of benzene rings is 4. The zero-order valence-corrected chi connectivity index (χ0v) is 28.0. The van der Waals surface area contributed by atoms with E-state index in [4.69, 9.17) is 4.74 Å². The average Bonchev–Trinajstić information content (AvgIpc) is 3.59. The molecule has 1 saturated heterocycles. The summed E-state index contributed by atoms with van der Waals surface area (Å²) in [6.45, 7) is 6.54. The summed E-state index contributed by atoms with van der Waals surface area (Å²) in [5.74, 6) is -0.116. The van der Waals surface area contributed by atoms with Gasteiger partial charge >= 0.3 is 0 Å². The van der Waals surface area contributed by atoms with Gasteiger partial charge in [0.2, 0.25) is 11.8 Å². The van der Waals surface area contributed by atoms with Crippen LogP contribution in [-0.4, -0.2) is 69.9 Å². The quantitative estimate of drug-likeness (QED) is 0.183. The van der Waals surface area contributed by atoms with Crippen LogP contribution in [0, 0.1) is 5.92 Å². The molecule has 0 radical (unpaired) electrons. The molecule has 0 spiro atoms. The molecule has 0 bridgehead atoms. The number of β-amino-alcohol motifs (C(OH)–C–C–N with tert-alkyl or cyclic N) is 1. The van der Waals surface area contributed by atoms with E-state index in [-0.39, 0.29) is 30.9 Å². The number of nitrogens with zero attached hydrogens (tertiary/aromatic N) is 1. The molecule has 0 aromatic heterocycles. The summed E-state index contributed by atoms with van der Waals surface area (Å²) in [6, 6.07) is 30.7. The lowest BCUT2D eigenvalue weighted by Gasteiger charge is -2.30. The molecule has 1 heterocycles. The van der Waals surface area contributed by atoms with E-state index in [1.54, 1.807) is 0 Å². The van der Waals surface area contributed by atoms with Crippen LogP contribution in [0.1, 0.15) is 56.3 Å². The van der Waals surface area contributed by atoms with Crippen molar-refractivity contribution in [1.82, 2.24) is 15.5 Å². The van der Waals surface area contributed by atoms with Crippen molar-refractivity contribution in [2.75, 3.05) is 13.1 Å². The van der Waals surface area contributed by atoms with Gasteiger partial charge in [0, 0.05) is 37.4 Å². The fraction of sp³-hybridized carbons (Fsp3) is 0.400. The van der Waals surface area contributed by atoms with Crippen LogP contribution in [0.4, 0.5) is 0 Å². The molecule has 4 aromatic carbocycles. The Kier molecular flexibility index (Phi) is 10.2. The number of ether oxygens (including phenoxy) is 1. The second-order valence-electron chi connectivity index (χ2n) is 14.4. The largest absolute Gasteiger partial charge is 0.489 e. The smallest absolute Gasteiger partial charge is 0.237 e. The Hall–Kier alpha value is -4.24. The fourth-order valence-corrected chi connectivity index (χ4v) is 7.18. The lowest BCUT2D eigenvalue weighted by molar-refractivity contribution is -0.129. The third-order valence-corrected chi connectivity index (χ3v) is 9.39. The molecule has 252 valence electrons. The molecular weight excluding hydrogens is 602 g/mol. The highest BCUT2D eigenvalue weighted by Gasteiger charge is 2.40. The Morgan fingerprint density at radius 1 is 0.938 bits per heavy atom. The standard InChI is InChI=1S/C40H47N3O5/c1-40(2,3)42-39(47)35-23-33(48-32-18-17-27-13-7-8-14-28(27)21-32)25-43(35)24-31(44)20-30(19-26-11-5-4-6-12-26)38(46)41-37-34-16-10-9-15-29(34)22-36(37)45/h4-18,21,30-31,33,35-37,44-45H,19-20,22-25H2,1-3H3,(H,41,46)(H,42,47)/t30-,31+,33+,35+,36-,37?/m1/s1. The monoisotopic (exact) mass is 649 g/mol. The maximum absolute atomic E-state index is 13.9. The van der Waals surface area contributed by atoms with E-state index in [0.717, 1.165) is 33.2 Å². The van der Waals surface area contributed by atoms with Crippen LogP contribution >= 0.6 is 0 Å². The lowest BCUT2D eigenvalue weighted by atomic mass is 9.91. The molecule has 6 atom stereocenters. The maximum atomic E-state index is 13.9. The maximum Gasteiger partial charge on any atom is 0.237 e. The highest BCUT2D eigenvalue weighted by molar-refractivity contribution is 5.84. The molecule has 6 rings (SSSR count). The summed E-state index contributed by atoms with van der Waals surface area (Å²) < 4.78 is 6.43. The Labute approximate surface area is 283 Å². The molecule has 2 amide bonds. The van der Waals surface area contributed by atoms with Gasteiger partial charge in [-0.05, 0) is 73.2 Å². The summed E-state index contributed by atoms with van der Waals surface area (Å²) in [4.78, 5) is 29.4. The Morgan fingerprint density at radius 3 is 2.42 bits per heavy atom. The number of aliphatic hydroxyl groups is 2. The zero-order chi connectivity index (χ0) is 33.8. The number of rotatable bonds is 11. The summed E-state index contributed by atoms with van der Waals surface area (Å²) >= 11 is 0. The van der Waals surface area contributed by atoms with Crippen LogP contribution in [0.25, 0.3) is 10.8 Å². The Bertz CT molecular complexity index is 1720. The van der Waals surface area contributed by atoms with Crippen molar-refractivity contribution in [3.63, 3.8) is 0 Å². The van der Waals surface area contributed by atoms with E-state index in [0.29, 0.717) is 25.8 Å². The van der Waals surface area contributed by atoms with E-state index < -0.39 is 35.7 Å². The number of fused-ring (bicyclic) bond motifs is 2. The highest BCUT2D eigenvalue weighted by atomic mass is 16.5. The van der Waals surface area contributed by atoms with Gasteiger partial charge in [-0.25, -0.2) is 0 Å². The zero-order valence-electron chi connectivity index (χ0n) is 28.0. The first-order valence-electron chi connectivity index (χ1n) is 17.0.